The fraction of sp³-hybridized carbons (Fsp3) is 0.286. The summed E-state index contributed by atoms with van der Waals surface area (Å²) in [4.78, 5) is 4.64. The lowest BCUT2D eigenvalue weighted by Crippen LogP contribution is -2.33. The van der Waals surface area contributed by atoms with Gasteiger partial charge in [-0.1, -0.05) is 42.5 Å². The summed E-state index contributed by atoms with van der Waals surface area (Å²) < 4.78 is 80.6. The highest BCUT2D eigenvalue weighted by atomic mass is 19.4. The van der Waals surface area contributed by atoms with Gasteiger partial charge in [-0.05, 0) is 17.7 Å². The molecule has 3 aromatic rings. The van der Waals surface area contributed by atoms with E-state index in [4.69, 9.17) is 5.73 Å². The molecule has 3 N–H and O–H groups in total. The second-order valence-electron chi connectivity index (χ2n) is 6.91. The number of benzene rings is 2. The van der Waals surface area contributed by atoms with Gasteiger partial charge in [0.25, 0.3) is 0 Å². The number of hydrogen-bond acceptors (Lipinski definition) is 4. The number of aromatic nitrogens is 1. The molecule has 0 fully saturated rings. The average molecular weight is 443 g/mol. The zero-order valence-electron chi connectivity index (χ0n) is 16.1. The fourth-order valence-corrected chi connectivity index (χ4v) is 3.33. The van der Waals surface area contributed by atoms with Crippen molar-refractivity contribution in [2.45, 2.75) is 25.1 Å². The van der Waals surface area contributed by atoms with Crippen LogP contribution < -0.4 is 5.73 Å². The number of halogens is 6. The van der Waals surface area contributed by atoms with Crippen molar-refractivity contribution in [2.24, 2.45) is 5.73 Å². The highest BCUT2D eigenvalue weighted by Gasteiger charge is 2.38. The Labute approximate surface area is 173 Å². The Morgan fingerprint density at radius 2 is 1.61 bits per heavy atom. The smallest absolute Gasteiger partial charge is 0.374 e. The van der Waals surface area contributed by atoms with E-state index in [1.165, 1.54) is 11.0 Å². The number of alkyl halides is 6. The third kappa shape index (κ3) is 5.15. The van der Waals surface area contributed by atoms with Crippen molar-refractivity contribution in [1.82, 2.24) is 9.88 Å². The third-order valence-corrected chi connectivity index (χ3v) is 4.74. The van der Waals surface area contributed by atoms with Gasteiger partial charge in [-0.3, -0.25) is 4.90 Å². The predicted octanol–water partition coefficient (Wildman–Crippen LogP) is 4.72. The molecule has 1 atom stereocenters. The summed E-state index contributed by atoms with van der Waals surface area (Å²) >= 11 is 0. The van der Waals surface area contributed by atoms with E-state index in [0.29, 0.717) is 12.1 Å². The summed E-state index contributed by atoms with van der Waals surface area (Å²) in [6.07, 6.45) is -11.6. The fourth-order valence-electron chi connectivity index (χ4n) is 3.33. The maximum absolute atomic E-state index is 13.4. The van der Waals surface area contributed by atoms with E-state index in [2.05, 4.69) is 4.98 Å². The van der Waals surface area contributed by atoms with Crippen molar-refractivity contribution in [3.05, 3.63) is 77.0 Å². The Bertz CT molecular complexity index is 1040. The van der Waals surface area contributed by atoms with E-state index in [-0.39, 0.29) is 30.6 Å². The van der Waals surface area contributed by atoms with E-state index < -0.39 is 35.4 Å². The topological polar surface area (TPSA) is 62.4 Å². The SMILES string of the molecule is NCCN(Cc1ccccc1)C(O)c1cc(C(F)(F)F)nc2c(C(F)(F)F)cccc12. The first kappa shape index (κ1) is 23.0. The molecule has 3 rings (SSSR count). The molecule has 0 aliphatic rings. The summed E-state index contributed by atoms with van der Waals surface area (Å²) in [6, 6.07) is 12.3. The number of nitrogens with two attached hydrogens (primary N) is 1. The highest BCUT2D eigenvalue weighted by Crippen LogP contribution is 2.39. The molecule has 10 heteroatoms. The molecule has 1 heterocycles. The summed E-state index contributed by atoms with van der Waals surface area (Å²) in [5.41, 5.74) is 2.33. The Kier molecular flexibility index (Phi) is 6.54. The van der Waals surface area contributed by atoms with Crippen molar-refractivity contribution in [3.8, 4) is 0 Å². The van der Waals surface area contributed by atoms with Crippen LogP contribution >= 0.6 is 0 Å². The van der Waals surface area contributed by atoms with Gasteiger partial charge in [-0.15, -0.1) is 0 Å². The maximum Gasteiger partial charge on any atom is 0.433 e. The number of rotatable bonds is 6. The van der Waals surface area contributed by atoms with Crippen LogP contribution in [0.25, 0.3) is 10.9 Å². The van der Waals surface area contributed by atoms with Crippen LogP contribution in [0.1, 0.15) is 28.6 Å². The first-order valence-electron chi connectivity index (χ1n) is 9.26. The van der Waals surface area contributed by atoms with Crippen molar-refractivity contribution in [3.63, 3.8) is 0 Å². The van der Waals surface area contributed by atoms with Gasteiger partial charge in [0.15, 0.2) is 0 Å². The van der Waals surface area contributed by atoms with Crippen LogP contribution in [0.15, 0.2) is 54.6 Å². The molecular formula is C21H19F6N3O. The van der Waals surface area contributed by atoms with Crippen LogP contribution in [0.4, 0.5) is 26.3 Å². The first-order valence-corrected chi connectivity index (χ1v) is 9.26. The van der Waals surface area contributed by atoms with Crippen LogP contribution in [0.2, 0.25) is 0 Å². The summed E-state index contributed by atoms with van der Waals surface area (Å²) in [7, 11) is 0. The number of para-hydroxylation sites is 1. The van der Waals surface area contributed by atoms with Gasteiger partial charge in [-0.2, -0.15) is 26.3 Å². The van der Waals surface area contributed by atoms with Crippen LogP contribution in [-0.4, -0.2) is 28.1 Å². The lowest BCUT2D eigenvalue weighted by atomic mass is 10.0. The van der Waals surface area contributed by atoms with Crippen molar-refractivity contribution < 1.29 is 31.4 Å². The minimum Gasteiger partial charge on any atom is -0.374 e. The highest BCUT2D eigenvalue weighted by molar-refractivity contribution is 5.86. The molecule has 1 unspecified atom stereocenters. The zero-order chi connectivity index (χ0) is 22.8. The molecule has 0 bridgehead atoms. The minimum absolute atomic E-state index is 0.0762. The van der Waals surface area contributed by atoms with Crippen molar-refractivity contribution in [1.29, 1.82) is 0 Å². The molecule has 0 amide bonds. The molecule has 2 aromatic carbocycles. The van der Waals surface area contributed by atoms with Gasteiger partial charge >= 0.3 is 12.4 Å². The molecule has 0 radical (unpaired) electrons. The number of pyridine rings is 1. The Morgan fingerprint density at radius 1 is 0.935 bits per heavy atom. The number of nitrogens with zero attached hydrogens (tertiary/aromatic N) is 2. The largest absolute Gasteiger partial charge is 0.433 e. The van der Waals surface area contributed by atoms with Gasteiger partial charge in [0.05, 0.1) is 11.1 Å². The summed E-state index contributed by atoms with van der Waals surface area (Å²) in [6.45, 7) is 0.302. The normalized spacial score (nSPS) is 13.7. The first-order chi connectivity index (χ1) is 14.5. The Hall–Kier alpha value is -2.69. The molecule has 1 aromatic heterocycles. The molecule has 31 heavy (non-hydrogen) atoms. The molecule has 0 aliphatic carbocycles. The van der Waals surface area contributed by atoms with E-state index in [0.717, 1.165) is 11.6 Å². The Balaban J connectivity index is 2.18. The molecule has 0 aliphatic heterocycles. The number of hydrogen-bond donors (Lipinski definition) is 2. The van der Waals surface area contributed by atoms with Gasteiger partial charge < -0.3 is 10.8 Å². The van der Waals surface area contributed by atoms with Crippen LogP contribution in [-0.2, 0) is 18.9 Å². The quantitative estimate of drug-likeness (QED) is 0.427. The number of aliphatic hydroxyl groups excluding tert-OH is 1. The molecule has 4 nitrogen and oxygen atoms in total. The summed E-state index contributed by atoms with van der Waals surface area (Å²) in [5.74, 6) is 0. The van der Waals surface area contributed by atoms with E-state index in [1.807, 2.05) is 0 Å². The molecule has 0 spiro atoms. The van der Waals surface area contributed by atoms with Gasteiger partial charge in [-0.25, -0.2) is 4.98 Å². The molecule has 0 saturated carbocycles. The lowest BCUT2D eigenvalue weighted by molar-refractivity contribution is -0.142. The van der Waals surface area contributed by atoms with Gasteiger partial charge in [0.2, 0.25) is 0 Å². The van der Waals surface area contributed by atoms with Crippen molar-refractivity contribution in [2.75, 3.05) is 13.1 Å². The van der Waals surface area contributed by atoms with Crippen LogP contribution in [0.5, 0.6) is 0 Å². The molecule has 166 valence electrons. The lowest BCUT2D eigenvalue weighted by Gasteiger charge is -2.29. The number of fused-ring (bicyclic) bond motifs is 1. The predicted molar refractivity (Wildman–Crippen MR) is 103 cm³/mol. The van der Waals surface area contributed by atoms with E-state index in [9.17, 15) is 31.4 Å². The van der Waals surface area contributed by atoms with Gasteiger partial charge in [0, 0.05) is 30.6 Å². The number of aliphatic hydroxyl groups is 1. The standard InChI is InChI=1S/C21H19F6N3O/c22-20(23,24)16-8-4-7-14-15(11-17(21(25,26)27)29-18(14)16)19(31)30(10-9-28)12-13-5-2-1-3-6-13/h1-8,11,19,31H,9-10,12,28H2. The maximum atomic E-state index is 13.4. The monoisotopic (exact) mass is 443 g/mol. The average Bonchev–Trinajstić information content (AvgIpc) is 2.71. The van der Waals surface area contributed by atoms with Crippen LogP contribution in [0.3, 0.4) is 0 Å². The van der Waals surface area contributed by atoms with E-state index in [1.54, 1.807) is 30.3 Å². The minimum atomic E-state index is -5.00. The van der Waals surface area contributed by atoms with E-state index >= 15 is 0 Å². The third-order valence-electron chi connectivity index (χ3n) is 4.74. The molecule has 0 saturated heterocycles. The zero-order valence-corrected chi connectivity index (χ0v) is 16.1. The molecular weight excluding hydrogens is 424 g/mol. The van der Waals surface area contributed by atoms with Gasteiger partial charge in [0.1, 0.15) is 11.9 Å². The second kappa shape index (κ2) is 8.81. The Morgan fingerprint density at radius 3 is 2.19 bits per heavy atom. The summed E-state index contributed by atoms with van der Waals surface area (Å²) in [5, 5.41) is 10.7. The van der Waals surface area contributed by atoms with Crippen LogP contribution in [0, 0.1) is 0 Å². The second-order valence-corrected chi connectivity index (χ2v) is 6.91. The van der Waals surface area contributed by atoms with Crippen molar-refractivity contribution >= 4 is 10.9 Å².